The molecule has 4 aromatic carbocycles. The van der Waals surface area contributed by atoms with E-state index in [1.807, 2.05) is 19.1 Å². The summed E-state index contributed by atoms with van der Waals surface area (Å²) in [7, 11) is 0. The van der Waals surface area contributed by atoms with Crippen LogP contribution in [0.2, 0.25) is 0 Å². The Morgan fingerprint density at radius 3 is 1.44 bits per heavy atom. The van der Waals surface area contributed by atoms with Gasteiger partial charge in [0.05, 0.1) is 11.4 Å². The summed E-state index contributed by atoms with van der Waals surface area (Å²) in [4.78, 5) is 12.2. The normalized spacial score (nSPS) is 9.88. The van der Waals surface area contributed by atoms with Crippen LogP contribution in [0.25, 0.3) is 0 Å². The average molecular weight is 706 g/mol. The highest BCUT2D eigenvalue weighted by Crippen LogP contribution is 2.28. The Balaban J connectivity index is 0.000000326. The van der Waals surface area contributed by atoms with Gasteiger partial charge in [0.15, 0.2) is 0 Å². The Morgan fingerprint density at radius 1 is 0.442 bits per heavy atom. The lowest BCUT2D eigenvalue weighted by Gasteiger charge is -2.10. The molecule has 278 valence electrons. The van der Waals surface area contributed by atoms with Gasteiger partial charge in [-0.2, -0.15) is 0 Å². The number of aryl methyl sites for hydroxylation is 11. The summed E-state index contributed by atoms with van der Waals surface area (Å²) < 4.78 is 25.0. The van der Waals surface area contributed by atoms with E-state index in [0.717, 1.165) is 28.8 Å². The molecule has 0 unspecified atom stereocenters. The summed E-state index contributed by atoms with van der Waals surface area (Å²) in [6.45, 7) is 39.9. The van der Waals surface area contributed by atoms with Gasteiger partial charge in [-0.1, -0.05) is 29.8 Å². The Bertz CT molecular complexity index is 1800. The highest BCUT2D eigenvalue weighted by molar-refractivity contribution is 5.60. The molecule has 0 saturated carbocycles. The Labute approximate surface area is 314 Å². The minimum Gasteiger partial charge on any atom is -0.265 e. The van der Waals surface area contributed by atoms with Crippen LogP contribution in [0.4, 0.5) is 20.2 Å². The first-order valence-corrected chi connectivity index (χ1v) is 17.6. The molecule has 0 aliphatic rings. The molecule has 0 aliphatic carbocycles. The number of hydrogen-bond acceptors (Lipinski definition) is 3. The van der Waals surface area contributed by atoms with Crippen molar-refractivity contribution in [3.05, 3.63) is 156 Å². The van der Waals surface area contributed by atoms with Gasteiger partial charge < -0.3 is 0 Å². The zero-order valence-electron chi connectivity index (χ0n) is 34.7. The first kappa shape index (κ1) is 45.3. The fourth-order valence-electron chi connectivity index (χ4n) is 5.45. The van der Waals surface area contributed by atoms with Crippen LogP contribution in [0.3, 0.4) is 0 Å². The van der Waals surface area contributed by atoms with Crippen LogP contribution in [-0.2, 0) is 0 Å². The van der Waals surface area contributed by atoms with Crippen LogP contribution in [0, 0.1) is 122 Å². The van der Waals surface area contributed by atoms with Crippen LogP contribution in [-0.4, -0.2) is 18.4 Å². The molecule has 0 bridgehead atoms. The van der Waals surface area contributed by atoms with Crippen LogP contribution in [0.5, 0.6) is 0 Å². The third-order valence-electron chi connectivity index (χ3n) is 9.69. The molecular formula is C47H61F2N3. The van der Waals surface area contributed by atoms with Gasteiger partial charge in [-0.15, -0.1) is 0 Å². The standard InChI is InChI=1S/C11H15N.C10H14.C9H13N.C9H11N.C8H8F2/c1-7-6-8(2)11(12-5)10(4)9(7)3;1-7-5-8(2)10(4)9(3)6-7;1-6-5-7(2)10-9(4)8(6)3;1-7-4-5-9(10-3)6-8(7)2;1-5-3-7(9)4-8(10)6(5)2/h6H,5H2,1-4H3;5-6H,1-4H3;5H,1-4H3;4-6H,3H2,1-2H3;3-4H,1-2H3. The van der Waals surface area contributed by atoms with Crippen molar-refractivity contribution >= 4 is 24.8 Å². The van der Waals surface area contributed by atoms with Crippen LogP contribution in [0.15, 0.2) is 64.6 Å². The molecular weight excluding hydrogens is 645 g/mol. The van der Waals surface area contributed by atoms with E-state index < -0.39 is 11.6 Å². The SMILES string of the molecule is C=Nc1c(C)cc(C)c(C)c1C.C=Nc1ccc(C)c(C)c1.Cc1cc(C)c(C)c(C)c1.Cc1cc(C)c(C)c(C)n1.Cc1cc(F)cc(F)c1C. The predicted molar refractivity (Wildman–Crippen MR) is 224 cm³/mol. The molecule has 5 rings (SSSR count). The van der Waals surface area contributed by atoms with Crippen LogP contribution >= 0.6 is 0 Å². The number of pyridine rings is 1. The molecule has 52 heavy (non-hydrogen) atoms. The highest BCUT2D eigenvalue weighted by Gasteiger charge is 2.05. The van der Waals surface area contributed by atoms with E-state index in [4.69, 9.17) is 0 Å². The van der Waals surface area contributed by atoms with Gasteiger partial charge in [0.25, 0.3) is 0 Å². The van der Waals surface area contributed by atoms with Gasteiger partial charge in [0, 0.05) is 17.5 Å². The number of benzene rings is 4. The Morgan fingerprint density at radius 2 is 0.962 bits per heavy atom. The highest BCUT2D eigenvalue weighted by atomic mass is 19.1. The summed E-state index contributed by atoms with van der Waals surface area (Å²) in [5.74, 6) is -0.988. The fraction of sp³-hybridized carbons (Fsp3) is 0.340. The topological polar surface area (TPSA) is 37.6 Å². The molecule has 3 nitrogen and oxygen atoms in total. The van der Waals surface area contributed by atoms with Crippen LogP contribution < -0.4 is 0 Å². The lowest BCUT2D eigenvalue weighted by Crippen LogP contribution is -1.92. The van der Waals surface area contributed by atoms with Crippen molar-refractivity contribution in [3.8, 4) is 0 Å². The van der Waals surface area contributed by atoms with Crippen molar-refractivity contribution < 1.29 is 8.78 Å². The Kier molecular flexibility index (Phi) is 18.2. The van der Waals surface area contributed by atoms with Crippen molar-refractivity contribution in [2.75, 3.05) is 0 Å². The molecule has 0 saturated heterocycles. The quantitative estimate of drug-likeness (QED) is 0.168. The molecule has 0 amide bonds. The molecule has 1 heterocycles. The number of nitrogens with zero attached hydrogens (tertiary/aromatic N) is 3. The van der Waals surface area contributed by atoms with Gasteiger partial charge in [-0.3, -0.25) is 15.0 Å². The summed E-state index contributed by atoms with van der Waals surface area (Å²) in [5.41, 5.74) is 21.3. The Hall–Kier alpha value is -4.77. The molecule has 0 spiro atoms. The van der Waals surface area contributed by atoms with E-state index in [0.29, 0.717) is 11.1 Å². The number of aromatic nitrogens is 1. The maximum Gasteiger partial charge on any atom is 0.129 e. The third kappa shape index (κ3) is 13.7. The van der Waals surface area contributed by atoms with E-state index in [2.05, 4.69) is 149 Å². The van der Waals surface area contributed by atoms with Crippen molar-refractivity contribution in [1.82, 2.24) is 4.98 Å². The second-order valence-corrected chi connectivity index (χ2v) is 13.8. The van der Waals surface area contributed by atoms with Gasteiger partial charge >= 0.3 is 0 Å². The van der Waals surface area contributed by atoms with E-state index in [1.54, 1.807) is 13.8 Å². The molecule has 1 aromatic heterocycles. The first-order valence-electron chi connectivity index (χ1n) is 17.6. The second kappa shape index (κ2) is 20.9. The summed E-state index contributed by atoms with van der Waals surface area (Å²) in [6.07, 6.45) is 0. The molecule has 0 N–H and O–H groups in total. The lowest BCUT2D eigenvalue weighted by atomic mass is 9.99. The minimum atomic E-state index is -0.513. The third-order valence-corrected chi connectivity index (χ3v) is 9.69. The zero-order valence-corrected chi connectivity index (χ0v) is 34.7. The van der Waals surface area contributed by atoms with Crippen LogP contribution in [0.1, 0.15) is 89.3 Å². The largest absolute Gasteiger partial charge is 0.265 e. The smallest absolute Gasteiger partial charge is 0.129 e. The van der Waals surface area contributed by atoms with Gasteiger partial charge in [-0.05, 0) is 221 Å². The van der Waals surface area contributed by atoms with E-state index in [1.165, 1.54) is 72.8 Å². The predicted octanol–water partition coefficient (Wildman–Crippen LogP) is 13.7. The van der Waals surface area contributed by atoms with E-state index >= 15 is 0 Å². The van der Waals surface area contributed by atoms with Crippen molar-refractivity contribution in [3.63, 3.8) is 0 Å². The number of halogens is 2. The number of hydrogen-bond donors (Lipinski definition) is 0. The minimum absolute atomic E-state index is 0.475. The molecule has 0 radical (unpaired) electrons. The maximum absolute atomic E-state index is 12.6. The second-order valence-electron chi connectivity index (χ2n) is 13.8. The van der Waals surface area contributed by atoms with Gasteiger partial charge in [0.2, 0.25) is 0 Å². The van der Waals surface area contributed by atoms with Crippen molar-refractivity contribution in [1.29, 1.82) is 0 Å². The van der Waals surface area contributed by atoms with Crippen molar-refractivity contribution in [2.45, 2.75) is 111 Å². The first-order chi connectivity index (χ1) is 24.1. The molecule has 0 fully saturated rings. The molecule has 0 aliphatic heterocycles. The summed E-state index contributed by atoms with van der Waals surface area (Å²) >= 11 is 0. The number of aliphatic imine (C=N–C) groups is 2. The summed E-state index contributed by atoms with van der Waals surface area (Å²) in [6, 6.07) is 17.0. The van der Waals surface area contributed by atoms with Crippen molar-refractivity contribution in [2.24, 2.45) is 9.98 Å². The van der Waals surface area contributed by atoms with Gasteiger partial charge in [-0.25, -0.2) is 8.78 Å². The molecule has 5 aromatic rings. The van der Waals surface area contributed by atoms with E-state index in [9.17, 15) is 8.78 Å². The molecule has 0 atom stereocenters. The zero-order chi connectivity index (χ0) is 40.0. The monoisotopic (exact) mass is 705 g/mol. The lowest BCUT2D eigenvalue weighted by molar-refractivity contribution is 0.575. The van der Waals surface area contributed by atoms with Gasteiger partial charge in [0.1, 0.15) is 11.6 Å². The molecule has 5 heteroatoms. The fourth-order valence-corrected chi connectivity index (χ4v) is 5.45. The summed E-state index contributed by atoms with van der Waals surface area (Å²) in [5, 5.41) is 0. The number of rotatable bonds is 2. The van der Waals surface area contributed by atoms with E-state index in [-0.39, 0.29) is 0 Å². The average Bonchev–Trinajstić information content (AvgIpc) is 3.06. The maximum atomic E-state index is 12.6.